The Balaban J connectivity index is 2.32. The number of primary amides is 1. The number of hydrogen-bond donors (Lipinski definition) is 2. The van der Waals surface area contributed by atoms with Crippen molar-refractivity contribution in [3.8, 4) is 0 Å². The lowest BCUT2D eigenvalue weighted by Gasteiger charge is -2.05. The molecule has 0 aliphatic heterocycles. The lowest BCUT2D eigenvalue weighted by molar-refractivity contribution is -0.118. The number of benzene rings is 1. The van der Waals surface area contributed by atoms with Crippen LogP contribution in [0.2, 0.25) is 0 Å². The predicted molar refractivity (Wildman–Crippen MR) is 60.5 cm³/mol. The van der Waals surface area contributed by atoms with Crippen LogP contribution in [0.4, 0.5) is 0 Å². The number of rotatable bonds is 3. The molecule has 78 valence electrons. The van der Waals surface area contributed by atoms with Crippen molar-refractivity contribution in [1.29, 1.82) is 0 Å². The van der Waals surface area contributed by atoms with Gasteiger partial charge in [0, 0.05) is 23.5 Å². The van der Waals surface area contributed by atoms with Crippen LogP contribution in [0.5, 0.6) is 0 Å². The number of hydrogen-bond acceptors (Lipinski definition) is 1. The Morgan fingerprint density at radius 3 is 2.87 bits per heavy atom. The third kappa shape index (κ3) is 2.01. The summed E-state index contributed by atoms with van der Waals surface area (Å²) in [5.74, 6) is -0.115. The molecule has 3 heteroatoms. The van der Waals surface area contributed by atoms with Gasteiger partial charge in [0.15, 0.2) is 0 Å². The van der Waals surface area contributed by atoms with Crippen molar-refractivity contribution in [3.63, 3.8) is 0 Å². The molecule has 3 N–H and O–H groups in total. The molecule has 2 aromatic rings. The van der Waals surface area contributed by atoms with E-state index in [1.807, 2.05) is 31.2 Å². The number of fused-ring (bicyclic) bond motifs is 1. The van der Waals surface area contributed by atoms with Crippen molar-refractivity contribution in [3.05, 3.63) is 36.0 Å². The number of carbonyl (C=O) groups excluding carboxylic acids is 1. The summed E-state index contributed by atoms with van der Waals surface area (Å²) < 4.78 is 0. The second-order valence-corrected chi connectivity index (χ2v) is 3.88. The largest absolute Gasteiger partial charge is 0.370 e. The van der Waals surface area contributed by atoms with Gasteiger partial charge in [0.05, 0.1) is 0 Å². The van der Waals surface area contributed by atoms with Gasteiger partial charge in [0.1, 0.15) is 0 Å². The first-order valence-corrected chi connectivity index (χ1v) is 5.03. The van der Waals surface area contributed by atoms with Gasteiger partial charge in [-0.15, -0.1) is 0 Å². The van der Waals surface area contributed by atoms with Gasteiger partial charge in [0.2, 0.25) is 5.91 Å². The van der Waals surface area contributed by atoms with Crippen molar-refractivity contribution in [2.75, 3.05) is 0 Å². The van der Waals surface area contributed by atoms with Gasteiger partial charge in [-0.1, -0.05) is 25.1 Å². The Morgan fingerprint density at radius 2 is 2.20 bits per heavy atom. The summed E-state index contributed by atoms with van der Waals surface area (Å²) in [6.07, 6.45) is 0.382. The summed E-state index contributed by atoms with van der Waals surface area (Å²) in [6.45, 7) is 2.00. The van der Waals surface area contributed by atoms with Crippen LogP contribution in [0.25, 0.3) is 10.9 Å². The third-order valence-electron chi connectivity index (χ3n) is 2.59. The van der Waals surface area contributed by atoms with E-state index in [9.17, 15) is 4.79 Å². The smallest absolute Gasteiger partial charge is 0.218 e. The number of carbonyl (C=O) groups is 1. The number of aromatic amines is 1. The molecular formula is C12H14N2O. The van der Waals surface area contributed by atoms with E-state index in [1.54, 1.807) is 0 Å². The minimum atomic E-state index is -0.263. The zero-order valence-electron chi connectivity index (χ0n) is 8.66. The highest BCUT2D eigenvalue weighted by Gasteiger charge is 2.11. The topological polar surface area (TPSA) is 58.9 Å². The lowest BCUT2D eigenvalue weighted by Crippen LogP contribution is -2.13. The second kappa shape index (κ2) is 3.77. The Kier molecular flexibility index (Phi) is 2.46. The number of amides is 1. The van der Waals surface area contributed by atoms with Crippen LogP contribution in [0, 0.1) is 0 Å². The molecule has 1 aromatic carbocycles. The highest BCUT2D eigenvalue weighted by atomic mass is 16.1. The normalized spacial score (nSPS) is 12.9. The summed E-state index contributed by atoms with van der Waals surface area (Å²) >= 11 is 0. The molecule has 1 unspecified atom stereocenters. The molecule has 1 heterocycles. The molecule has 1 amide bonds. The molecule has 0 saturated carbocycles. The van der Waals surface area contributed by atoms with Gasteiger partial charge in [-0.3, -0.25) is 4.79 Å². The maximum Gasteiger partial charge on any atom is 0.218 e. The fourth-order valence-corrected chi connectivity index (χ4v) is 1.77. The Bertz CT molecular complexity index is 454. The van der Waals surface area contributed by atoms with E-state index < -0.39 is 0 Å². The Morgan fingerprint density at radius 1 is 1.47 bits per heavy atom. The van der Waals surface area contributed by atoms with Crippen molar-refractivity contribution in [2.24, 2.45) is 5.73 Å². The molecule has 15 heavy (non-hydrogen) atoms. The molecule has 0 radical (unpaired) electrons. The van der Waals surface area contributed by atoms with Gasteiger partial charge in [-0.2, -0.15) is 0 Å². The predicted octanol–water partition coefficient (Wildman–Crippen LogP) is 2.15. The minimum absolute atomic E-state index is 0.148. The first kappa shape index (κ1) is 9.77. The fourth-order valence-electron chi connectivity index (χ4n) is 1.77. The van der Waals surface area contributed by atoms with E-state index in [1.165, 1.54) is 5.39 Å². The van der Waals surface area contributed by atoms with Gasteiger partial charge in [-0.05, 0) is 17.5 Å². The molecule has 0 fully saturated rings. The summed E-state index contributed by atoms with van der Waals surface area (Å²) in [4.78, 5) is 14.1. The molecule has 0 bridgehead atoms. The second-order valence-electron chi connectivity index (χ2n) is 3.88. The van der Waals surface area contributed by atoms with Crippen LogP contribution >= 0.6 is 0 Å². The van der Waals surface area contributed by atoms with Crippen LogP contribution in [-0.2, 0) is 4.79 Å². The third-order valence-corrected chi connectivity index (χ3v) is 2.59. The van der Waals surface area contributed by atoms with E-state index in [0.717, 1.165) is 11.2 Å². The van der Waals surface area contributed by atoms with Crippen LogP contribution in [0.3, 0.4) is 0 Å². The lowest BCUT2D eigenvalue weighted by atomic mass is 10.0. The molecular weight excluding hydrogens is 188 g/mol. The molecule has 0 aliphatic carbocycles. The quantitative estimate of drug-likeness (QED) is 0.787. The van der Waals surface area contributed by atoms with Crippen LogP contribution in [0.15, 0.2) is 30.3 Å². The molecule has 0 aliphatic rings. The van der Waals surface area contributed by atoms with E-state index in [4.69, 9.17) is 5.73 Å². The van der Waals surface area contributed by atoms with Gasteiger partial charge >= 0.3 is 0 Å². The molecule has 0 saturated heterocycles. The monoisotopic (exact) mass is 202 g/mol. The van der Waals surface area contributed by atoms with Crippen LogP contribution in [-0.4, -0.2) is 10.9 Å². The summed E-state index contributed by atoms with van der Waals surface area (Å²) in [7, 11) is 0. The SMILES string of the molecule is CC(CC(N)=O)c1cc2ccccc2[nH]1. The molecule has 1 aromatic heterocycles. The molecule has 2 rings (SSSR count). The van der Waals surface area contributed by atoms with Crippen LogP contribution in [0.1, 0.15) is 25.0 Å². The van der Waals surface area contributed by atoms with E-state index in [0.29, 0.717) is 6.42 Å². The molecule has 1 atom stereocenters. The number of aromatic nitrogens is 1. The Labute approximate surface area is 88.3 Å². The maximum atomic E-state index is 10.8. The molecule has 0 spiro atoms. The van der Waals surface area contributed by atoms with Gasteiger partial charge in [-0.25, -0.2) is 0 Å². The number of nitrogens with one attached hydrogen (secondary N) is 1. The number of H-pyrrole nitrogens is 1. The number of nitrogens with two attached hydrogens (primary N) is 1. The molecule has 3 nitrogen and oxygen atoms in total. The van der Waals surface area contributed by atoms with Crippen LogP contribution < -0.4 is 5.73 Å². The van der Waals surface area contributed by atoms with Gasteiger partial charge < -0.3 is 10.7 Å². The van der Waals surface area contributed by atoms with Crippen molar-refractivity contribution in [2.45, 2.75) is 19.3 Å². The van der Waals surface area contributed by atoms with Crippen molar-refractivity contribution >= 4 is 16.8 Å². The first-order valence-electron chi connectivity index (χ1n) is 5.03. The highest BCUT2D eigenvalue weighted by molar-refractivity contribution is 5.81. The van der Waals surface area contributed by atoms with Gasteiger partial charge in [0.25, 0.3) is 0 Å². The summed E-state index contributed by atoms with van der Waals surface area (Å²) in [6, 6.07) is 10.1. The van der Waals surface area contributed by atoms with E-state index in [2.05, 4.69) is 11.1 Å². The van der Waals surface area contributed by atoms with E-state index >= 15 is 0 Å². The van der Waals surface area contributed by atoms with E-state index in [-0.39, 0.29) is 11.8 Å². The first-order chi connectivity index (χ1) is 7.16. The average molecular weight is 202 g/mol. The Hall–Kier alpha value is -1.77. The summed E-state index contributed by atoms with van der Waals surface area (Å²) in [5, 5.41) is 1.17. The summed E-state index contributed by atoms with van der Waals surface area (Å²) in [5.41, 5.74) is 7.34. The fraction of sp³-hybridized carbons (Fsp3) is 0.250. The van der Waals surface area contributed by atoms with Crippen molar-refractivity contribution < 1.29 is 4.79 Å². The highest BCUT2D eigenvalue weighted by Crippen LogP contribution is 2.22. The standard InChI is InChI=1S/C12H14N2O/c1-8(6-12(13)15)11-7-9-4-2-3-5-10(9)14-11/h2-5,7-8,14H,6H2,1H3,(H2,13,15). The maximum absolute atomic E-state index is 10.8. The zero-order chi connectivity index (χ0) is 10.8. The minimum Gasteiger partial charge on any atom is -0.370 e. The average Bonchev–Trinajstić information content (AvgIpc) is 2.59. The number of para-hydroxylation sites is 1. The van der Waals surface area contributed by atoms with Crippen molar-refractivity contribution in [1.82, 2.24) is 4.98 Å². The zero-order valence-corrected chi connectivity index (χ0v) is 8.66.